The van der Waals surface area contributed by atoms with Crippen LogP contribution in [0.5, 0.6) is 0 Å². The lowest BCUT2D eigenvalue weighted by atomic mass is 9.96. The van der Waals surface area contributed by atoms with Crippen molar-refractivity contribution in [2.45, 2.75) is 19.0 Å². The summed E-state index contributed by atoms with van der Waals surface area (Å²) in [5.41, 5.74) is 0.900. The standard InChI is InChI=1S/C17H15F4N5/c18-12-3-4-13(26-8-5-10(6-9-26)17(19,20)21)23-15(12)14-11-2-1-7-22-16(11)25-24-14/h1-4,7,10H,5-6,8-9H2,(H,22,24,25). The molecule has 0 aliphatic carbocycles. The molecule has 3 aromatic rings. The molecule has 1 N–H and O–H groups in total. The van der Waals surface area contributed by atoms with Crippen molar-refractivity contribution < 1.29 is 17.6 Å². The number of halogens is 4. The van der Waals surface area contributed by atoms with E-state index in [-0.39, 0.29) is 31.6 Å². The zero-order chi connectivity index (χ0) is 18.3. The second kappa shape index (κ2) is 6.22. The van der Waals surface area contributed by atoms with E-state index in [1.807, 2.05) is 0 Å². The Morgan fingerprint density at radius 2 is 1.85 bits per heavy atom. The molecular formula is C17H15F4N5. The van der Waals surface area contributed by atoms with E-state index in [2.05, 4.69) is 20.2 Å². The minimum Gasteiger partial charge on any atom is -0.357 e. The third-order valence-corrected chi connectivity index (χ3v) is 4.67. The van der Waals surface area contributed by atoms with E-state index in [0.717, 1.165) is 0 Å². The van der Waals surface area contributed by atoms with Crippen LogP contribution in [0.1, 0.15) is 12.8 Å². The van der Waals surface area contributed by atoms with Crippen LogP contribution in [-0.4, -0.2) is 39.4 Å². The lowest BCUT2D eigenvalue weighted by molar-refractivity contribution is -0.179. The Bertz CT molecular complexity index is 928. The number of nitrogens with zero attached hydrogens (tertiary/aromatic N) is 4. The summed E-state index contributed by atoms with van der Waals surface area (Å²) in [6.45, 7) is 0.455. The Hall–Kier alpha value is -2.71. The van der Waals surface area contributed by atoms with Gasteiger partial charge in [0.15, 0.2) is 11.5 Å². The fraction of sp³-hybridized carbons (Fsp3) is 0.353. The number of hydrogen-bond donors (Lipinski definition) is 1. The van der Waals surface area contributed by atoms with E-state index in [1.54, 1.807) is 23.2 Å². The molecule has 0 bridgehead atoms. The molecule has 3 aromatic heterocycles. The van der Waals surface area contributed by atoms with Gasteiger partial charge in [-0.25, -0.2) is 14.4 Å². The molecule has 0 saturated carbocycles. The maximum atomic E-state index is 14.3. The third-order valence-electron chi connectivity index (χ3n) is 4.67. The molecule has 0 amide bonds. The van der Waals surface area contributed by atoms with Crippen LogP contribution in [0.15, 0.2) is 30.5 Å². The fourth-order valence-corrected chi connectivity index (χ4v) is 3.25. The number of H-pyrrole nitrogens is 1. The van der Waals surface area contributed by atoms with Gasteiger partial charge < -0.3 is 4.90 Å². The molecule has 0 unspecified atom stereocenters. The average molecular weight is 365 g/mol. The summed E-state index contributed by atoms with van der Waals surface area (Å²) in [4.78, 5) is 10.2. The zero-order valence-corrected chi connectivity index (χ0v) is 13.6. The highest BCUT2D eigenvalue weighted by Crippen LogP contribution is 2.35. The molecule has 0 spiro atoms. The van der Waals surface area contributed by atoms with E-state index >= 15 is 0 Å². The van der Waals surface area contributed by atoms with Crippen LogP contribution < -0.4 is 4.90 Å². The molecule has 1 aliphatic heterocycles. The normalized spacial score (nSPS) is 16.4. The molecule has 136 valence electrons. The predicted molar refractivity (Wildman–Crippen MR) is 88.1 cm³/mol. The van der Waals surface area contributed by atoms with Crippen LogP contribution >= 0.6 is 0 Å². The van der Waals surface area contributed by atoms with Gasteiger partial charge >= 0.3 is 6.18 Å². The minimum atomic E-state index is -4.17. The molecule has 26 heavy (non-hydrogen) atoms. The number of nitrogens with one attached hydrogen (secondary N) is 1. The van der Waals surface area contributed by atoms with Crippen molar-refractivity contribution in [3.63, 3.8) is 0 Å². The summed E-state index contributed by atoms with van der Waals surface area (Å²) < 4.78 is 52.8. The van der Waals surface area contributed by atoms with E-state index in [0.29, 0.717) is 22.5 Å². The van der Waals surface area contributed by atoms with Gasteiger partial charge in [-0.3, -0.25) is 5.10 Å². The quantitative estimate of drug-likeness (QED) is 0.699. The van der Waals surface area contributed by atoms with Gasteiger partial charge in [0, 0.05) is 24.7 Å². The molecule has 9 heteroatoms. The summed E-state index contributed by atoms with van der Waals surface area (Å²) in [6.07, 6.45) is -2.57. The molecule has 1 fully saturated rings. The van der Waals surface area contributed by atoms with Gasteiger partial charge in [-0.1, -0.05) is 0 Å². The van der Waals surface area contributed by atoms with Gasteiger partial charge in [0.25, 0.3) is 0 Å². The number of piperidine rings is 1. The van der Waals surface area contributed by atoms with Crippen molar-refractivity contribution in [2.24, 2.45) is 5.92 Å². The SMILES string of the molecule is Fc1ccc(N2CCC(C(F)(F)F)CC2)nc1-c1n[nH]c2ncccc12. The third kappa shape index (κ3) is 2.97. The molecule has 4 heterocycles. The first-order valence-electron chi connectivity index (χ1n) is 8.21. The minimum absolute atomic E-state index is 0.00709. The zero-order valence-electron chi connectivity index (χ0n) is 13.6. The maximum absolute atomic E-state index is 14.3. The molecule has 5 nitrogen and oxygen atoms in total. The second-order valence-corrected chi connectivity index (χ2v) is 6.27. The van der Waals surface area contributed by atoms with Crippen molar-refractivity contribution in [1.29, 1.82) is 0 Å². The number of fused-ring (bicyclic) bond motifs is 1. The molecule has 4 rings (SSSR count). The van der Waals surface area contributed by atoms with Crippen molar-refractivity contribution in [1.82, 2.24) is 20.2 Å². The monoisotopic (exact) mass is 365 g/mol. The summed E-state index contributed by atoms with van der Waals surface area (Å²) in [5.74, 6) is -1.39. The lowest BCUT2D eigenvalue weighted by Gasteiger charge is -2.33. The number of rotatable bonds is 2. The van der Waals surface area contributed by atoms with Crippen LogP contribution in [-0.2, 0) is 0 Å². The van der Waals surface area contributed by atoms with E-state index in [1.165, 1.54) is 12.1 Å². The van der Waals surface area contributed by atoms with Gasteiger partial charge in [0.05, 0.1) is 5.92 Å². The Balaban J connectivity index is 1.64. The van der Waals surface area contributed by atoms with Crippen LogP contribution in [0.3, 0.4) is 0 Å². The van der Waals surface area contributed by atoms with Crippen LogP contribution in [0, 0.1) is 11.7 Å². The highest BCUT2D eigenvalue weighted by Gasteiger charge is 2.41. The van der Waals surface area contributed by atoms with Crippen molar-refractivity contribution >= 4 is 16.9 Å². The summed E-state index contributed by atoms with van der Waals surface area (Å²) in [5, 5.41) is 7.46. The Morgan fingerprint density at radius 1 is 1.08 bits per heavy atom. The van der Waals surface area contributed by atoms with Gasteiger partial charge in [-0.2, -0.15) is 18.3 Å². The fourth-order valence-electron chi connectivity index (χ4n) is 3.25. The predicted octanol–water partition coefficient (Wildman–Crippen LogP) is 3.94. The van der Waals surface area contributed by atoms with E-state index < -0.39 is 17.9 Å². The topological polar surface area (TPSA) is 57.7 Å². The largest absolute Gasteiger partial charge is 0.391 e. The smallest absolute Gasteiger partial charge is 0.357 e. The summed E-state index contributed by atoms with van der Waals surface area (Å²) in [7, 11) is 0. The van der Waals surface area contributed by atoms with Crippen molar-refractivity contribution in [3.05, 3.63) is 36.3 Å². The van der Waals surface area contributed by atoms with Crippen molar-refractivity contribution in [3.8, 4) is 11.4 Å². The van der Waals surface area contributed by atoms with Gasteiger partial charge in [0.2, 0.25) is 0 Å². The number of anilines is 1. The number of alkyl halides is 3. The van der Waals surface area contributed by atoms with Crippen LogP contribution in [0.4, 0.5) is 23.4 Å². The molecule has 0 atom stereocenters. The molecular weight excluding hydrogens is 350 g/mol. The van der Waals surface area contributed by atoms with E-state index in [4.69, 9.17) is 0 Å². The van der Waals surface area contributed by atoms with Crippen molar-refractivity contribution in [2.75, 3.05) is 18.0 Å². The average Bonchev–Trinajstić information content (AvgIpc) is 3.05. The first kappa shape index (κ1) is 16.7. The first-order chi connectivity index (χ1) is 12.4. The van der Waals surface area contributed by atoms with Gasteiger partial charge in [0.1, 0.15) is 17.2 Å². The second-order valence-electron chi connectivity index (χ2n) is 6.27. The first-order valence-corrected chi connectivity index (χ1v) is 8.21. The molecule has 0 radical (unpaired) electrons. The number of pyridine rings is 2. The van der Waals surface area contributed by atoms with Gasteiger partial charge in [-0.15, -0.1) is 0 Å². The van der Waals surface area contributed by atoms with E-state index in [9.17, 15) is 17.6 Å². The Morgan fingerprint density at radius 3 is 2.58 bits per heavy atom. The van der Waals surface area contributed by atoms with Crippen LogP contribution in [0.2, 0.25) is 0 Å². The number of aromatic nitrogens is 4. The molecule has 1 saturated heterocycles. The highest BCUT2D eigenvalue weighted by atomic mass is 19.4. The molecule has 0 aromatic carbocycles. The number of aromatic amines is 1. The van der Waals surface area contributed by atoms with Crippen LogP contribution in [0.25, 0.3) is 22.4 Å². The Kier molecular flexibility index (Phi) is 4.01. The maximum Gasteiger partial charge on any atom is 0.391 e. The summed E-state index contributed by atoms with van der Waals surface area (Å²) in [6, 6.07) is 6.22. The Labute approximate surface area is 146 Å². The lowest BCUT2D eigenvalue weighted by Crippen LogP contribution is -2.39. The molecule has 1 aliphatic rings. The summed E-state index contributed by atoms with van der Waals surface area (Å²) >= 11 is 0. The van der Waals surface area contributed by atoms with Gasteiger partial charge in [-0.05, 0) is 37.1 Å². The highest BCUT2D eigenvalue weighted by molar-refractivity contribution is 5.89. The number of hydrogen-bond acceptors (Lipinski definition) is 4.